The number of hydrogen-bond donors (Lipinski definition) is 1. The standard InChI is InChI=1S/C20H21N3O2S/c24-20(16-11-13-5-1-2-6-14(13)21-16)23-9-10-25-12-17(23)19-22-15-7-3-4-8-18(15)26-19/h3-4,7-8,11,17,21H,1-2,5-6,9-10,12H2. The number of carbonyl (C=O) groups excluding carboxylic acids is 1. The fourth-order valence-corrected chi connectivity index (χ4v) is 5.02. The maximum absolute atomic E-state index is 13.2. The number of morpholine rings is 1. The molecule has 5 nitrogen and oxygen atoms in total. The Kier molecular flexibility index (Phi) is 4.02. The van der Waals surface area contributed by atoms with E-state index >= 15 is 0 Å². The van der Waals surface area contributed by atoms with Gasteiger partial charge in [-0.15, -0.1) is 11.3 Å². The lowest BCUT2D eigenvalue weighted by Crippen LogP contribution is -2.43. The second-order valence-electron chi connectivity index (χ2n) is 7.00. The number of carbonyl (C=O) groups is 1. The maximum atomic E-state index is 13.2. The van der Waals surface area contributed by atoms with Crippen LogP contribution in [0.25, 0.3) is 10.2 Å². The fraction of sp³-hybridized carbons (Fsp3) is 0.400. The molecule has 134 valence electrons. The normalized spacial score (nSPS) is 20.3. The predicted molar refractivity (Wildman–Crippen MR) is 102 cm³/mol. The highest BCUT2D eigenvalue weighted by Gasteiger charge is 2.32. The number of fused-ring (bicyclic) bond motifs is 2. The zero-order chi connectivity index (χ0) is 17.5. The Morgan fingerprint density at radius 1 is 1.27 bits per heavy atom. The van der Waals surface area contributed by atoms with Crippen LogP contribution in [0.3, 0.4) is 0 Å². The lowest BCUT2D eigenvalue weighted by Gasteiger charge is -2.34. The third-order valence-electron chi connectivity index (χ3n) is 5.33. The number of aryl methyl sites for hydroxylation is 2. The molecule has 3 heterocycles. The van der Waals surface area contributed by atoms with E-state index in [-0.39, 0.29) is 11.9 Å². The van der Waals surface area contributed by atoms with Crippen molar-refractivity contribution >= 4 is 27.5 Å². The van der Waals surface area contributed by atoms with E-state index in [4.69, 9.17) is 9.72 Å². The number of para-hydroxylation sites is 1. The Morgan fingerprint density at radius 2 is 2.15 bits per heavy atom. The maximum Gasteiger partial charge on any atom is 0.271 e. The van der Waals surface area contributed by atoms with E-state index in [2.05, 4.69) is 17.1 Å². The number of nitrogens with one attached hydrogen (secondary N) is 1. The fourth-order valence-electron chi connectivity index (χ4n) is 3.96. The number of aromatic nitrogens is 2. The first-order valence-corrected chi connectivity index (χ1v) is 10.1. The number of nitrogens with zero attached hydrogens (tertiary/aromatic N) is 2. The minimum Gasteiger partial charge on any atom is -0.377 e. The molecule has 0 bridgehead atoms. The molecule has 1 amide bonds. The van der Waals surface area contributed by atoms with Crippen molar-refractivity contribution in [2.24, 2.45) is 0 Å². The minimum absolute atomic E-state index is 0.0620. The quantitative estimate of drug-likeness (QED) is 0.751. The van der Waals surface area contributed by atoms with E-state index in [1.165, 1.54) is 24.1 Å². The Bertz CT molecular complexity index is 905. The molecule has 1 aromatic carbocycles. The number of rotatable bonds is 2. The number of amides is 1. The third-order valence-corrected chi connectivity index (χ3v) is 6.47. The SMILES string of the molecule is O=C(c1cc2c([nH]1)CCCC2)N1CCOCC1c1nc2ccccc2s1. The van der Waals surface area contributed by atoms with Gasteiger partial charge in [-0.2, -0.15) is 0 Å². The van der Waals surface area contributed by atoms with Gasteiger partial charge in [-0.1, -0.05) is 12.1 Å². The molecule has 0 radical (unpaired) electrons. The van der Waals surface area contributed by atoms with Gasteiger partial charge in [0.25, 0.3) is 5.91 Å². The molecule has 26 heavy (non-hydrogen) atoms. The van der Waals surface area contributed by atoms with Gasteiger partial charge in [0.2, 0.25) is 0 Å². The number of benzene rings is 1. The van der Waals surface area contributed by atoms with Crippen molar-refractivity contribution in [3.8, 4) is 0 Å². The molecule has 1 unspecified atom stereocenters. The molecular weight excluding hydrogens is 346 g/mol. The average molecular weight is 367 g/mol. The Labute approximate surface area is 156 Å². The van der Waals surface area contributed by atoms with Gasteiger partial charge in [0, 0.05) is 12.2 Å². The van der Waals surface area contributed by atoms with Gasteiger partial charge >= 0.3 is 0 Å². The molecule has 1 aliphatic heterocycles. The van der Waals surface area contributed by atoms with E-state index in [1.807, 2.05) is 23.1 Å². The molecular formula is C20H21N3O2S. The van der Waals surface area contributed by atoms with E-state index < -0.39 is 0 Å². The average Bonchev–Trinajstić information content (AvgIpc) is 3.31. The molecule has 1 fully saturated rings. The van der Waals surface area contributed by atoms with Crippen molar-refractivity contribution in [1.82, 2.24) is 14.9 Å². The summed E-state index contributed by atoms with van der Waals surface area (Å²) in [5.41, 5.74) is 4.25. The van der Waals surface area contributed by atoms with Crippen molar-refractivity contribution in [3.05, 3.63) is 52.3 Å². The molecule has 0 spiro atoms. The van der Waals surface area contributed by atoms with E-state index in [1.54, 1.807) is 11.3 Å². The van der Waals surface area contributed by atoms with Gasteiger partial charge in [-0.25, -0.2) is 4.98 Å². The monoisotopic (exact) mass is 367 g/mol. The van der Waals surface area contributed by atoms with Crippen molar-refractivity contribution in [2.45, 2.75) is 31.7 Å². The summed E-state index contributed by atoms with van der Waals surface area (Å²) in [6.07, 6.45) is 4.54. The van der Waals surface area contributed by atoms with Crippen molar-refractivity contribution in [3.63, 3.8) is 0 Å². The largest absolute Gasteiger partial charge is 0.377 e. The van der Waals surface area contributed by atoms with Crippen LogP contribution in [0.15, 0.2) is 30.3 Å². The number of aromatic amines is 1. The van der Waals surface area contributed by atoms with E-state index in [0.717, 1.165) is 28.1 Å². The van der Waals surface area contributed by atoms with Crippen LogP contribution in [0.1, 0.15) is 45.6 Å². The zero-order valence-electron chi connectivity index (χ0n) is 14.5. The minimum atomic E-state index is -0.117. The van der Waals surface area contributed by atoms with Gasteiger partial charge in [0.05, 0.1) is 23.4 Å². The predicted octanol–water partition coefficient (Wildman–Crippen LogP) is 3.72. The molecule has 1 saturated heterocycles. The first-order valence-electron chi connectivity index (χ1n) is 9.24. The third kappa shape index (κ3) is 2.73. The van der Waals surface area contributed by atoms with Gasteiger partial charge < -0.3 is 14.6 Å². The van der Waals surface area contributed by atoms with Crippen molar-refractivity contribution in [2.75, 3.05) is 19.8 Å². The van der Waals surface area contributed by atoms with Crippen LogP contribution in [0.5, 0.6) is 0 Å². The molecule has 3 aromatic rings. The second-order valence-corrected chi connectivity index (χ2v) is 8.07. The van der Waals surface area contributed by atoms with Gasteiger partial charge in [-0.3, -0.25) is 4.79 Å². The Hall–Kier alpha value is -2.18. The van der Waals surface area contributed by atoms with Crippen molar-refractivity contribution in [1.29, 1.82) is 0 Å². The van der Waals surface area contributed by atoms with Gasteiger partial charge in [0.1, 0.15) is 16.7 Å². The van der Waals surface area contributed by atoms with Crippen LogP contribution in [0.4, 0.5) is 0 Å². The lowest BCUT2D eigenvalue weighted by atomic mass is 9.98. The van der Waals surface area contributed by atoms with Crippen LogP contribution in [0.2, 0.25) is 0 Å². The second kappa shape index (κ2) is 6.52. The molecule has 1 N–H and O–H groups in total. The van der Waals surface area contributed by atoms with Crippen LogP contribution < -0.4 is 0 Å². The topological polar surface area (TPSA) is 58.2 Å². The van der Waals surface area contributed by atoms with Gasteiger partial charge in [-0.05, 0) is 49.4 Å². The highest BCUT2D eigenvalue weighted by Crippen LogP contribution is 2.32. The summed E-state index contributed by atoms with van der Waals surface area (Å²) in [5, 5.41) is 0.954. The number of hydrogen-bond acceptors (Lipinski definition) is 4. The summed E-state index contributed by atoms with van der Waals surface area (Å²) in [5.74, 6) is 0.0620. The highest BCUT2D eigenvalue weighted by molar-refractivity contribution is 7.18. The molecule has 5 rings (SSSR count). The summed E-state index contributed by atoms with van der Waals surface area (Å²) in [6, 6.07) is 10.1. The van der Waals surface area contributed by atoms with Crippen LogP contribution in [-0.4, -0.2) is 40.5 Å². The van der Waals surface area contributed by atoms with Gasteiger partial charge in [0.15, 0.2) is 0 Å². The number of ether oxygens (including phenoxy) is 1. The Morgan fingerprint density at radius 3 is 3.04 bits per heavy atom. The van der Waals surface area contributed by atoms with Crippen LogP contribution in [-0.2, 0) is 17.6 Å². The number of thiazole rings is 1. The summed E-state index contributed by atoms with van der Waals surface area (Å²) < 4.78 is 6.84. The molecule has 6 heteroatoms. The summed E-state index contributed by atoms with van der Waals surface area (Å²) in [4.78, 5) is 23.3. The smallest absolute Gasteiger partial charge is 0.271 e. The molecule has 0 saturated carbocycles. The molecule has 2 aromatic heterocycles. The first kappa shape index (κ1) is 16.0. The highest BCUT2D eigenvalue weighted by atomic mass is 32.1. The summed E-state index contributed by atoms with van der Waals surface area (Å²) in [6.45, 7) is 1.68. The number of H-pyrrole nitrogens is 1. The van der Waals surface area contributed by atoms with E-state index in [0.29, 0.717) is 25.5 Å². The molecule has 1 aliphatic carbocycles. The lowest BCUT2D eigenvalue weighted by molar-refractivity contribution is -0.00298. The summed E-state index contributed by atoms with van der Waals surface area (Å²) in [7, 11) is 0. The Balaban J connectivity index is 1.47. The summed E-state index contributed by atoms with van der Waals surface area (Å²) >= 11 is 1.65. The first-order chi connectivity index (χ1) is 12.8. The van der Waals surface area contributed by atoms with Crippen LogP contribution >= 0.6 is 11.3 Å². The van der Waals surface area contributed by atoms with Crippen molar-refractivity contribution < 1.29 is 9.53 Å². The van der Waals surface area contributed by atoms with E-state index in [9.17, 15) is 4.79 Å². The van der Waals surface area contributed by atoms with Crippen LogP contribution in [0, 0.1) is 0 Å². The zero-order valence-corrected chi connectivity index (χ0v) is 15.3. The molecule has 1 atom stereocenters. The molecule has 2 aliphatic rings.